The minimum absolute atomic E-state index is 0.538. The Hall–Kier alpha value is 0.170. The molecule has 1 unspecified atom stereocenters. The maximum atomic E-state index is 4.66. The van der Waals surface area contributed by atoms with E-state index in [2.05, 4.69) is 30.4 Å². The number of nitrogens with zero attached hydrogens (tertiary/aromatic N) is 1. The Morgan fingerprint density at radius 3 is 2.71 bits per heavy atom. The second-order valence-corrected chi connectivity index (χ2v) is 7.62. The second kappa shape index (κ2) is 5.87. The van der Waals surface area contributed by atoms with E-state index in [-0.39, 0.29) is 0 Å². The molecule has 2 aliphatic rings. The van der Waals surface area contributed by atoms with Crippen LogP contribution in [0.1, 0.15) is 39.5 Å². The first-order valence-corrected chi connectivity index (χ1v) is 8.83. The van der Waals surface area contributed by atoms with Crippen molar-refractivity contribution in [2.75, 3.05) is 19.3 Å². The number of aliphatic imine (C=N–C) groups is 1. The SMILES string of the molecule is CCC(CC)C1CN=C(NCC2(SC)CC2)S1. The van der Waals surface area contributed by atoms with E-state index in [9.17, 15) is 0 Å². The third-order valence-electron chi connectivity index (χ3n) is 4.05. The van der Waals surface area contributed by atoms with Crippen LogP contribution in [0.2, 0.25) is 0 Å². The Bertz CT molecular complexity index is 283. The van der Waals surface area contributed by atoms with Gasteiger partial charge in [-0.15, -0.1) is 0 Å². The van der Waals surface area contributed by atoms with Crippen molar-refractivity contribution in [2.24, 2.45) is 10.9 Å². The van der Waals surface area contributed by atoms with Crippen LogP contribution in [0.5, 0.6) is 0 Å². The molecule has 0 spiro atoms. The molecular formula is C13H24N2S2. The molecule has 0 aromatic carbocycles. The highest BCUT2D eigenvalue weighted by molar-refractivity contribution is 8.14. The highest BCUT2D eigenvalue weighted by Crippen LogP contribution is 2.46. The largest absolute Gasteiger partial charge is 0.364 e. The Morgan fingerprint density at radius 1 is 1.47 bits per heavy atom. The van der Waals surface area contributed by atoms with Gasteiger partial charge in [-0.25, -0.2) is 0 Å². The molecule has 0 amide bonds. The number of hydrogen-bond acceptors (Lipinski definition) is 4. The summed E-state index contributed by atoms with van der Waals surface area (Å²) in [5.41, 5.74) is 0. The number of thioether (sulfide) groups is 2. The fraction of sp³-hybridized carbons (Fsp3) is 0.923. The van der Waals surface area contributed by atoms with Crippen molar-refractivity contribution < 1.29 is 0 Å². The van der Waals surface area contributed by atoms with E-state index < -0.39 is 0 Å². The first kappa shape index (κ1) is 13.6. The van der Waals surface area contributed by atoms with Crippen molar-refractivity contribution in [3.05, 3.63) is 0 Å². The molecule has 1 fully saturated rings. The minimum Gasteiger partial charge on any atom is -0.364 e. The van der Waals surface area contributed by atoms with Gasteiger partial charge in [-0.3, -0.25) is 4.99 Å². The van der Waals surface area contributed by atoms with Gasteiger partial charge in [0.2, 0.25) is 0 Å². The van der Waals surface area contributed by atoms with Gasteiger partial charge in [0.25, 0.3) is 0 Å². The van der Waals surface area contributed by atoms with Crippen molar-refractivity contribution in [1.29, 1.82) is 0 Å². The lowest BCUT2D eigenvalue weighted by atomic mass is 9.99. The Morgan fingerprint density at radius 2 is 2.18 bits per heavy atom. The van der Waals surface area contributed by atoms with Gasteiger partial charge in [-0.1, -0.05) is 38.5 Å². The van der Waals surface area contributed by atoms with Gasteiger partial charge in [0.15, 0.2) is 5.17 Å². The predicted octanol–water partition coefficient (Wildman–Crippen LogP) is 3.38. The van der Waals surface area contributed by atoms with Gasteiger partial charge in [0, 0.05) is 16.5 Å². The van der Waals surface area contributed by atoms with E-state index in [1.165, 1.54) is 30.9 Å². The summed E-state index contributed by atoms with van der Waals surface area (Å²) in [7, 11) is 0. The van der Waals surface area contributed by atoms with Crippen molar-refractivity contribution in [2.45, 2.75) is 49.5 Å². The van der Waals surface area contributed by atoms with Crippen molar-refractivity contribution in [3.8, 4) is 0 Å². The van der Waals surface area contributed by atoms with E-state index in [1.54, 1.807) is 0 Å². The summed E-state index contributed by atoms with van der Waals surface area (Å²) in [5, 5.41) is 5.48. The minimum atomic E-state index is 0.538. The molecular weight excluding hydrogens is 248 g/mol. The molecule has 0 aromatic rings. The summed E-state index contributed by atoms with van der Waals surface area (Å²) in [5.74, 6) is 0.832. The Kier molecular flexibility index (Phi) is 4.70. The fourth-order valence-electron chi connectivity index (χ4n) is 2.38. The first-order valence-electron chi connectivity index (χ1n) is 6.73. The van der Waals surface area contributed by atoms with Crippen LogP contribution in [0.4, 0.5) is 0 Å². The van der Waals surface area contributed by atoms with Crippen LogP contribution in [0.15, 0.2) is 4.99 Å². The second-order valence-electron chi connectivity index (χ2n) is 5.12. The smallest absolute Gasteiger partial charge is 0.156 e. The molecule has 0 aromatic heterocycles. The summed E-state index contributed by atoms with van der Waals surface area (Å²) in [6, 6.07) is 0. The van der Waals surface area contributed by atoms with E-state index in [0.29, 0.717) is 4.75 Å². The summed E-state index contributed by atoms with van der Waals surface area (Å²) in [6.45, 7) is 6.72. The normalized spacial score (nSPS) is 26.1. The molecule has 98 valence electrons. The summed E-state index contributed by atoms with van der Waals surface area (Å²) >= 11 is 3.99. The van der Waals surface area contributed by atoms with Crippen molar-refractivity contribution >= 4 is 28.7 Å². The molecule has 1 aliphatic heterocycles. The van der Waals surface area contributed by atoms with Gasteiger partial charge in [0.1, 0.15) is 0 Å². The first-order chi connectivity index (χ1) is 8.23. The van der Waals surface area contributed by atoms with E-state index in [0.717, 1.165) is 24.3 Å². The van der Waals surface area contributed by atoms with Gasteiger partial charge in [-0.05, 0) is 25.0 Å². The van der Waals surface area contributed by atoms with Crippen LogP contribution in [0.25, 0.3) is 0 Å². The topological polar surface area (TPSA) is 24.4 Å². The quantitative estimate of drug-likeness (QED) is 0.802. The molecule has 0 saturated heterocycles. The van der Waals surface area contributed by atoms with Crippen LogP contribution < -0.4 is 5.32 Å². The van der Waals surface area contributed by atoms with Crippen molar-refractivity contribution in [3.63, 3.8) is 0 Å². The van der Waals surface area contributed by atoms with E-state index >= 15 is 0 Å². The van der Waals surface area contributed by atoms with E-state index in [1.807, 2.05) is 23.5 Å². The van der Waals surface area contributed by atoms with Crippen LogP contribution in [-0.4, -0.2) is 34.5 Å². The fourth-order valence-corrected chi connectivity index (χ4v) is 4.42. The zero-order valence-electron chi connectivity index (χ0n) is 11.2. The molecule has 1 aliphatic carbocycles. The lowest BCUT2D eigenvalue weighted by Gasteiger charge is -2.19. The molecule has 2 rings (SSSR count). The zero-order valence-corrected chi connectivity index (χ0v) is 12.8. The van der Waals surface area contributed by atoms with Gasteiger partial charge in [0.05, 0.1) is 6.54 Å². The summed E-state index contributed by atoms with van der Waals surface area (Å²) in [4.78, 5) is 4.66. The molecule has 17 heavy (non-hydrogen) atoms. The molecule has 1 saturated carbocycles. The average Bonchev–Trinajstić information content (AvgIpc) is 3.00. The number of nitrogens with one attached hydrogen (secondary N) is 1. The summed E-state index contributed by atoms with van der Waals surface area (Å²) in [6.07, 6.45) is 7.53. The van der Waals surface area contributed by atoms with Gasteiger partial charge in [-0.2, -0.15) is 11.8 Å². The molecule has 0 radical (unpaired) electrons. The van der Waals surface area contributed by atoms with Gasteiger partial charge >= 0.3 is 0 Å². The standard InChI is InChI=1S/C13H24N2S2/c1-4-10(5-2)11-8-14-12(17-11)15-9-13(16-3)6-7-13/h10-11H,4-9H2,1-3H3,(H,14,15). The average molecular weight is 272 g/mol. The molecule has 4 heteroatoms. The number of rotatable bonds is 6. The number of amidine groups is 1. The lowest BCUT2D eigenvalue weighted by molar-refractivity contribution is 0.479. The molecule has 2 nitrogen and oxygen atoms in total. The third-order valence-corrected chi connectivity index (χ3v) is 6.81. The van der Waals surface area contributed by atoms with Crippen LogP contribution in [0, 0.1) is 5.92 Å². The monoisotopic (exact) mass is 272 g/mol. The lowest BCUT2D eigenvalue weighted by Crippen LogP contribution is -2.29. The van der Waals surface area contributed by atoms with Crippen LogP contribution >= 0.6 is 23.5 Å². The zero-order chi connectivity index (χ0) is 12.3. The van der Waals surface area contributed by atoms with Crippen molar-refractivity contribution in [1.82, 2.24) is 5.32 Å². The van der Waals surface area contributed by atoms with E-state index in [4.69, 9.17) is 0 Å². The maximum Gasteiger partial charge on any atom is 0.156 e. The van der Waals surface area contributed by atoms with Crippen LogP contribution in [-0.2, 0) is 0 Å². The van der Waals surface area contributed by atoms with Crippen LogP contribution in [0.3, 0.4) is 0 Å². The molecule has 1 N–H and O–H groups in total. The highest BCUT2D eigenvalue weighted by Gasteiger charge is 2.42. The Balaban J connectivity index is 1.74. The Labute approximate surface area is 114 Å². The molecule has 1 heterocycles. The summed E-state index contributed by atoms with van der Waals surface area (Å²) < 4.78 is 0.538. The number of hydrogen-bond donors (Lipinski definition) is 1. The van der Waals surface area contributed by atoms with Gasteiger partial charge < -0.3 is 5.32 Å². The predicted molar refractivity (Wildman–Crippen MR) is 81.2 cm³/mol. The molecule has 1 atom stereocenters. The third kappa shape index (κ3) is 3.34. The maximum absolute atomic E-state index is 4.66. The highest BCUT2D eigenvalue weighted by atomic mass is 32.2. The molecule has 0 bridgehead atoms.